The number of para-hydroxylation sites is 1. The summed E-state index contributed by atoms with van der Waals surface area (Å²) in [5, 5.41) is 25.8. The minimum atomic E-state index is -1.63. The van der Waals surface area contributed by atoms with Crippen molar-refractivity contribution in [2.75, 3.05) is 58.9 Å². The number of benzene rings is 2. The Labute approximate surface area is 318 Å². The maximum atomic E-state index is 15.2. The van der Waals surface area contributed by atoms with E-state index in [1.165, 1.54) is 7.11 Å². The molecule has 2 bridgehead atoms. The molecule has 2 saturated heterocycles. The second-order valence-corrected chi connectivity index (χ2v) is 17.9. The zero-order valence-corrected chi connectivity index (χ0v) is 32.9. The summed E-state index contributed by atoms with van der Waals surface area (Å²) in [6.07, 6.45) is 7.73. The molecule has 54 heavy (non-hydrogen) atoms. The molecule has 3 fully saturated rings. The number of anilines is 1. The molecule has 1 aliphatic carbocycles. The van der Waals surface area contributed by atoms with Gasteiger partial charge in [-0.2, -0.15) is 0 Å². The molecule has 6 aliphatic rings. The van der Waals surface area contributed by atoms with Crippen molar-refractivity contribution in [3.8, 4) is 5.75 Å². The first-order valence-corrected chi connectivity index (χ1v) is 20.0. The number of methoxy groups -OCH3 is 2. The summed E-state index contributed by atoms with van der Waals surface area (Å²) in [6.45, 7) is 11.5. The molecule has 1 aromatic heterocycles. The van der Waals surface area contributed by atoms with Crippen molar-refractivity contribution >= 4 is 28.3 Å². The number of fused-ring (bicyclic) bond motifs is 6. The highest BCUT2D eigenvalue weighted by Crippen LogP contribution is 2.69. The molecular weight excluding hydrogens is 681 g/mol. The third-order valence-corrected chi connectivity index (χ3v) is 15.4. The fourth-order valence-corrected chi connectivity index (χ4v) is 13.5. The molecule has 2 aromatic carbocycles. The summed E-state index contributed by atoms with van der Waals surface area (Å²) < 4.78 is 12.3. The summed E-state index contributed by atoms with van der Waals surface area (Å²) >= 11 is 0. The van der Waals surface area contributed by atoms with E-state index in [0.717, 1.165) is 78.0 Å². The third kappa shape index (κ3) is 4.37. The number of aliphatic hydroxyl groups is 2. The molecule has 288 valence electrons. The molecule has 0 radical (unpaired) electrons. The number of ether oxygens (including phenoxy) is 2. The number of nitrogens with zero attached hydrogens (tertiary/aromatic N) is 3. The predicted molar refractivity (Wildman–Crippen MR) is 208 cm³/mol. The van der Waals surface area contributed by atoms with Crippen LogP contribution in [0.2, 0.25) is 0 Å². The van der Waals surface area contributed by atoms with E-state index in [2.05, 4.69) is 69.9 Å². The fraction of sp³-hybridized carbons (Fsp3) is 0.591. The van der Waals surface area contributed by atoms with Crippen molar-refractivity contribution in [2.45, 2.75) is 93.9 Å². The van der Waals surface area contributed by atoms with Crippen molar-refractivity contribution in [3.05, 3.63) is 70.9 Å². The molecule has 3 N–H and O–H groups in total. The average Bonchev–Trinajstić information content (AvgIpc) is 3.81. The molecule has 0 amide bonds. The monoisotopic (exact) mass is 736 g/mol. The number of nitrogens with one attached hydrogen (secondary N) is 1. The summed E-state index contributed by atoms with van der Waals surface area (Å²) in [7, 11) is 5.14. The summed E-state index contributed by atoms with van der Waals surface area (Å²) in [4.78, 5) is 40.1. The van der Waals surface area contributed by atoms with Gasteiger partial charge in [0.25, 0.3) is 0 Å². The maximum absolute atomic E-state index is 15.2. The number of ketones is 1. The first-order chi connectivity index (χ1) is 25.7. The molecule has 9 rings (SSSR count). The number of carbonyl (C=O) groups excluding carboxylic acids is 2. The van der Waals surface area contributed by atoms with Gasteiger partial charge in [0, 0.05) is 89.9 Å². The van der Waals surface area contributed by atoms with E-state index < -0.39 is 33.5 Å². The van der Waals surface area contributed by atoms with Gasteiger partial charge in [0.05, 0.1) is 25.9 Å². The Bertz CT molecular complexity index is 2090. The van der Waals surface area contributed by atoms with Crippen LogP contribution in [0.3, 0.4) is 0 Å². The summed E-state index contributed by atoms with van der Waals surface area (Å²) in [5.74, 6) is -0.398. The van der Waals surface area contributed by atoms with Gasteiger partial charge in [0.1, 0.15) is 16.8 Å². The largest absolute Gasteiger partial charge is 0.496 e. The second kappa shape index (κ2) is 11.9. The van der Waals surface area contributed by atoms with Gasteiger partial charge < -0.3 is 29.6 Å². The minimum Gasteiger partial charge on any atom is -0.496 e. The van der Waals surface area contributed by atoms with Crippen molar-refractivity contribution in [3.63, 3.8) is 0 Å². The van der Waals surface area contributed by atoms with E-state index in [-0.39, 0.29) is 29.6 Å². The Morgan fingerprint density at radius 3 is 2.56 bits per heavy atom. The highest BCUT2D eigenvalue weighted by Gasteiger charge is 2.77. The Morgan fingerprint density at radius 1 is 1.06 bits per heavy atom. The van der Waals surface area contributed by atoms with Crippen LogP contribution in [0.25, 0.3) is 10.9 Å². The molecule has 10 atom stereocenters. The van der Waals surface area contributed by atoms with Gasteiger partial charge in [0.15, 0.2) is 5.78 Å². The summed E-state index contributed by atoms with van der Waals surface area (Å²) in [6, 6.07) is 12.0. The van der Waals surface area contributed by atoms with Gasteiger partial charge in [0.2, 0.25) is 0 Å². The van der Waals surface area contributed by atoms with E-state index >= 15 is 4.79 Å². The molecule has 1 spiro atoms. The van der Waals surface area contributed by atoms with Crippen LogP contribution in [0.4, 0.5) is 5.69 Å². The first kappa shape index (κ1) is 36.0. The van der Waals surface area contributed by atoms with Crippen LogP contribution in [0.1, 0.15) is 75.8 Å². The first-order valence-electron chi connectivity index (χ1n) is 20.0. The zero-order chi connectivity index (χ0) is 38.2. The lowest BCUT2D eigenvalue weighted by molar-refractivity contribution is -0.174. The van der Waals surface area contributed by atoms with Crippen molar-refractivity contribution in [2.24, 2.45) is 17.3 Å². The Hall–Kier alpha value is -3.70. The number of aromatic amines is 1. The quantitative estimate of drug-likeness (QED) is 0.253. The fourth-order valence-electron chi connectivity index (χ4n) is 13.5. The van der Waals surface area contributed by atoms with Gasteiger partial charge in [-0.25, -0.2) is 0 Å². The number of hydrogen-bond donors (Lipinski definition) is 3. The lowest BCUT2D eigenvalue weighted by Crippen LogP contribution is -2.77. The molecule has 3 aromatic rings. The second-order valence-electron chi connectivity index (χ2n) is 17.9. The van der Waals surface area contributed by atoms with Crippen LogP contribution in [0, 0.1) is 17.3 Å². The number of rotatable bonds is 5. The number of H-pyrrole nitrogens is 1. The van der Waals surface area contributed by atoms with Gasteiger partial charge in [-0.05, 0) is 81.7 Å². The van der Waals surface area contributed by atoms with E-state index in [0.29, 0.717) is 31.6 Å². The van der Waals surface area contributed by atoms with E-state index in [9.17, 15) is 15.0 Å². The lowest BCUT2D eigenvalue weighted by Gasteiger charge is -2.64. The molecular formula is C44H56N4O6. The number of hydrogen-bond acceptors (Lipinski definition) is 9. The molecule has 10 heteroatoms. The molecule has 5 unspecified atom stereocenters. The number of likely N-dealkylation sites (N-methyl/N-ethyl adjacent to an activating group) is 1. The average molecular weight is 737 g/mol. The molecule has 5 aliphatic heterocycles. The topological polar surface area (TPSA) is 119 Å². The molecule has 10 nitrogen and oxygen atoms in total. The SMILES string of the molecule is CC[C@]12C=CCN3CCC4(c5cc([C@@]6(C(=O)OC)CC7CN(CCc8c6[nH]c6ccccc86)C[C@@](C)(O)C7)c(OC)cc5N(C)C4[C@@](O)(C(C)=O)[C@@H]1C)C32. The van der Waals surface area contributed by atoms with Gasteiger partial charge in [-0.1, -0.05) is 44.2 Å². The molecule has 1 saturated carbocycles. The van der Waals surface area contributed by atoms with Crippen LogP contribution < -0.4 is 9.64 Å². The zero-order valence-electron chi connectivity index (χ0n) is 32.9. The number of carbonyl (C=O) groups is 2. The van der Waals surface area contributed by atoms with Crippen molar-refractivity contribution in [1.82, 2.24) is 14.8 Å². The highest BCUT2D eigenvalue weighted by atomic mass is 16.5. The van der Waals surface area contributed by atoms with Crippen LogP contribution in [-0.4, -0.2) is 114 Å². The van der Waals surface area contributed by atoms with Gasteiger partial charge >= 0.3 is 5.97 Å². The number of aromatic nitrogens is 1. The van der Waals surface area contributed by atoms with Crippen molar-refractivity contribution < 1.29 is 29.3 Å². The minimum absolute atomic E-state index is 0.0322. The van der Waals surface area contributed by atoms with E-state index in [4.69, 9.17) is 9.47 Å². The van der Waals surface area contributed by atoms with Crippen LogP contribution in [0.15, 0.2) is 48.6 Å². The lowest BCUT2D eigenvalue weighted by atomic mass is 9.44. The third-order valence-electron chi connectivity index (χ3n) is 15.4. The van der Waals surface area contributed by atoms with Crippen LogP contribution in [-0.2, 0) is 31.6 Å². The van der Waals surface area contributed by atoms with Crippen LogP contribution >= 0.6 is 0 Å². The predicted octanol–water partition coefficient (Wildman–Crippen LogP) is 4.72. The van der Waals surface area contributed by atoms with Gasteiger partial charge in [-0.3, -0.25) is 19.4 Å². The highest BCUT2D eigenvalue weighted by molar-refractivity contribution is 5.95. The van der Waals surface area contributed by atoms with Gasteiger partial charge in [-0.15, -0.1) is 0 Å². The van der Waals surface area contributed by atoms with E-state index in [1.54, 1.807) is 14.0 Å². The maximum Gasteiger partial charge on any atom is 0.322 e. The Kier molecular flexibility index (Phi) is 7.93. The van der Waals surface area contributed by atoms with Crippen LogP contribution in [0.5, 0.6) is 5.75 Å². The number of Topliss-reactive ketones (excluding diaryl/α,β-unsaturated/α-hetero) is 1. The summed E-state index contributed by atoms with van der Waals surface area (Å²) in [5.41, 5.74) is 0.605. The Balaban J connectivity index is 1.37. The number of piperidine rings is 1. The van der Waals surface area contributed by atoms with Crippen molar-refractivity contribution in [1.29, 1.82) is 0 Å². The Morgan fingerprint density at radius 2 is 1.83 bits per heavy atom. The van der Waals surface area contributed by atoms with E-state index in [1.807, 2.05) is 26.1 Å². The molecule has 6 heterocycles. The number of esters is 1. The standard InChI is InChI=1S/C44H56N4O6/c1-8-41-15-11-17-48-19-16-42(37(41)48)31-20-32(35(53-6)21-34(31)46(5)38(42)44(52,26(41)2)27(3)49)43(39(50)54-7)23-28-22-40(4,51)25-47(24-28)18-14-30-29-12-9-10-13-33(29)45-36(30)43/h9-13,15,20-21,26,28,37-38,45,51-52H,8,14,16-19,22-25H2,1-7H3/t26-,28?,37?,38?,40+,41+,42?,43+,44+/m1/s1. The smallest absolute Gasteiger partial charge is 0.322 e. The normalized spacial score (nSPS) is 39.5.